The van der Waals surface area contributed by atoms with Crippen LogP contribution in [0.5, 0.6) is 6.01 Å². The van der Waals surface area contributed by atoms with Crippen molar-refractivity contribution >= 4 is 0 Å². The Kier molecular flexibility index (Phi) is 4.40. The van der Waals surface area contributed by atoms with E-state index in [0.29, 0.717) is 31.0 Å². The second-order valence-electron chi connectivity index (χ2n) is 5.43. The maximum Gasteiger partial charge on any atom is 0.316 e. The molecule has 1 fully saturated rings. The van der Waals surface area contributed by atoms with Crippen LogP contribution in [-0.4, -0.2) is 44.8 Å². The molecule has 1 unspecified atom stereocenters. The first-order valence-electron chi connectivity index (χ1n) is 7.18. The lowest BCUT2D eigenvalue weighted by Crippen LogP contribution is -2.37. The fraction of sp³-hybridized carbons (Fsp3) is 0.571. The predicted octanol–water partition coefficient (Wildman–Crippen LogP) is 1.46. The minimum atomic E-state index is 0.453. The zero-order valence-corrected chi connectivity index (χ0v) is 12.1. The largest absolute Gasteiger partial charge is 0.463 e. The van der Waals surface area contributed by atoms with Gasteiger partial charge in [0.25, 0.3) is 0 Å². The highest BCUT2D eigenvalue weighted by molar-refractivity contribution is 5.04. The smallest absolute Gasteiger partial charge is 0.316 e. The normalized spacial score (nSPS) is 19.6. The van der Waals surface area contributed by atoms with E-state index in [4.69, 9.17) is 9.15 Å². The quantitative estimate of drug-likeness (QED) is 0.824. The second kappa shape index (κ2) is 6.62. The summed E-state index contributed by atoms with van der Waals surface area (Å²) in [6.45, 7) is 5.33. The Labute approximate surface area is 123 Å². The molecule has 7 heteroatoms. The van der Waals surface area contributed by atoms with Crippen LogP contribution < -0.4 is 4.74 Å². The second-order valence-corrected chi connectivity index (χ2v) is 5.43. The summed E-state index contributed by atoms with van der Waals surface area (Å²) in [6, 6.07) is 0.453. The number of likely N-dealkylation sites (tertiary alicyclic amines) is 1. The molecule has 1 atom stereocenters. The third-order valence-electron chi connectivity index (χ3n) is 3.57. The van der Waals surface area contributed by atoms with Gasteiger partial charge in [0.15, 0.2) is 0 Å². The first kappa shape index (κ1) is 13.9. The molecule has 21 heavy (non-hydrogen) atoms. The van der Waals surface area contributed by atoms with Crippen LogP contribution in [0.15, 0.2) is 23.2 Å². The molecule has 112 valence electrons. The number of ether oxygens (including phenoxy) is 1. The van der Waals surface area contributed by atoms with E-state index in [1.807, 2.05) is 6.92 Å². The van der Waals surface area contributed by atoms with Crippen molar-refractivity contribution in [3.63, 3.8) is 0 Å². The number of nitrogens with zero attached hydrogens (tertiary/aromatic N) is 5. The summed E-state index contributed by atoms with van der Waals surface area (Å²) < 4.78 is 10.9. The molecule has 0 saturated carbocycles. The van der Waals surface area contributed by atoms with Gasteiger partial charge in [0.2, 0.25) is 12.3 Å². The Balaban J connectivity index is 1.48. The zero-order valence-electron chi connectivity index (χ0n) is 12.1. The van der Waals surface area contributed by atoms with Crippen LogP contribution in [0.3, 0.4) is 0 Å². The minimum absolute atomic E-state index is 0.453. The van der Waals surface area contributed by atoms with Crippen LogP contribution in [0.25, 0.3) is 0 Å². The molecule has 2 aromatic rings. The molecular weight excluding hydrogens is 270 g/mol. The van der Waals surface area contributed by atoms with E-state index < -0.39 is 0 Å². The molecular formula is C14H19N5O2. The highest BCUT2D eigenvalue weighted by Gasteiger charge is 2.22. The average molecular weight is 289 g/mol. The van der Waals surface area contributed by atoms with E-state index in [-0.39, 0.29) is 0 Å². The van der Waals surface area contributed by atoms with Crippen molar-refractivity contribution in [2.24, 2.45) is 5.92 Å². The van der Waals surface area contributed by atoms with Crippen molar-refractivity contribution in [2.75, 3.05) is 19.7 Å². The predicted molar refractivity (Wildman–Crippen MR) is 74.6 cm³/mol. The van der Waals surface area contributed by atoms with Gasteiger partial charge in [-0.05, 0) is 31.9 Å². The van der Waals surface area contributed by atoms with Gasteiger partial charge in [-0.15, -0.1) is 10.2 Å². The molecule has 0 radical (unpaired) electrons. The molecule has 1 saturated heterocycles. The highest BCUT2D eigenvalue weighted by atomic mass is 16.5. The van der Waals surface area contributed by atoms with Crippen molar-refractivity contribution in [1.29, 1.82) is 0 Å². The Morgan fingerprint density at radius 1 is 1.38 bits per heavy atom. The number of hydrogen-bond donors (Lipinski definition) is 0. The van der Waals surface area contributed by atoms with E-state index in [1.54, 1.807) is 12.4 Å². The number of piperidine rings is 1. The van der Waals surface area contributed by atoms with Gasteiger partial charge < -0.3 is 9.15 Å². The van der Waals surface area contributed by atoms with Crippen molar-refractivity contribution in [3.8, 4) is 6.01 Å². The van der Waals surface area contributed by atoms with Gasteiger partial charge in [0, 0.05) is 24.9 Å². The van der Waals surface area contributed by atoms with E-state index >= 15 is 0 Å². The van der Waals surface area contributed by atoms with Crippen LogP contribution >= 0.6 is 0 Å². The number of rotatable bonds is 5. The molecule has 7 nitrogen and oxygen atoms in total. The van der Waals surface area contributed by atoms with Gasteiger partial charge in [-0.2, -0.15) is 0 Å². The highest BCUT2D eigenvalue weighted by Crippen LogP contribution is 2.18. The summed E-state index contributed by atoms with van der Waals surface area (Å²) in [5, 5.41) is 7.63. The summed E-state index contributed by atoms with van der Waals surface area (Å²) in [7, 11) is 0. The molecule has 0 bridgehead atoms. The zero-order chi connectivity index (χ0) is 14.5. The Bertz CT molecular complexity index is 543. The Morgan fingerprint density at radius 3 is 3.00 bits per heavy atom. The number of hydrogen-bond acceptors (Lipinski definition) is 7. The minimum Gasteiger partial charge on any atom is -0.463 e. The maximum atomic E-state index is 5.68. The number of aromatic nitrogens is 4. The van der Waals surface area contributed by atoms with Crippen LogP contribution in [0.2, 0.25) is 0 Å². The van der Waals surface area contributed by atoms with E-state index in [1.165, 1.54) is 6.39 Å². The molecule has 0 aliphatic carbocycles. The molecule has 0 spiro atoms. The van der Waals surface area contributed by atoms with E-state index in [2.05, 4.69) is 25.1 Å². The van der Waals surface area contributed by atoms with Crippen molar-refractivity contribution < 1.29 is 9.15 Å². The summed E-state index contributed by atoms with van der Waals surface area (Å²) in [5.74, 6) is 1.14. The van der Waals surface area contributed by atoms with Crippen LogP contribution in [0, 0.1) is 12.8 Å². The molecule has 2 aromatic heterocycles. The fourth-order valence-electron chi connectivity index (χ4n) is 2.53. The summed E-state index contributed by atoms with van der Waals surface area (Å²) in [5.41, 5.74) is 1.03. The lowest BCUT2D eigenvalue weighted by Gasteiger charge is -2.31. The van der Waals surface area contributed by atoms with Gasteiger partial charge in [-0.25, -0.2) is 9.97 Å². The van der Waals surface area contributed by atoms with Gasteiger partial charge in [-0.3, -0.25) is 4.90 Å². The Morgan fingerprint density at radius 2 is 2.24 bits per heavy atom. The molecule has 1 aliphatic heterocycles. The average Bonchev–Trinajstić information content (AvgIpc) is 3.00. The molecule has 0 amide bonds. The molecule has 1 aliphatic rings. The van der Waals surface area contributed by atoms with Gasteiger partial charge >= 0.3 is 6.01 Å². The maximum absolute atomic E-state index is 5.68. The van der Waals surface area contributed by atoms with Gasteiger partial charge in [-0.1, -0.05) is 0 Å². The lowest BCUT2D eigenvalue weighted by molar-refractivity contribution is 0.113. The van der Waals surface area contributed by atoms with Crippen molar-refractivity contribution in [2.45, 2.75) is 26.3 Å². The Hall–Kier alpha value is -2.02. The van der Waals surface area contributed by atoms with Gasteiger partial charge in [0.1, 0.15) is 0 Å². The molecule has 3 heterocycles. The van der Waals surface area contributed by atoms with Crippen LogP contribution in [0.1, 0.15) is 24.3 Å². The van der Waals surface area contributed by atoms with E-state index in [0.717, 1.165) is 31.5 Å². The first-order valence-corrected chi connectivity index (χ1v) is 7.18. The van der Waals surface area contributed by atoms with Crippen molar-refractivity contribution in [1.82, 2.24) is 25.1 Å². The summed E-state index contributed by atoms with van der Waals surface area (Å²) in [4.78, 5) is 10.6. The monoisotopic (exact) mass is 289 g/mol. The van der Waals surface area contributed by atoms with E-state index in [9.17, 15) is 0 Å². The third-order valence-corrected chi connectivity index (χ3v) is 3.57. The SMILES string of the molecule is Cc1cnc(OCC2CCCN(Cc3nnco3)C2)nc1. The third kappa shape index (κ3) is 3.98. The van der Waals surface area contributed by atoms with Crippen molar-refractivity contribution in [3.05, 3.63) is 30.2 Å². The summed E-state index contributed by atoms with van der Waals surface area (Å²) >= 11 is 0. The first-order chi connectivity index (χ1) is 10.3. The van der Waals surface area contributed by atoms with Crippen LogP contribution in [-0.2, 0) is 6.54 Å². The standard InChI is InChI=1S/C14H19N5O2/c1-11-5-15-14(16-6-11)20-9-12-3-2-4-19(7-12)8-13-18-17-10-21-13/h5-6,10,12H,2-4,7-9H2,1H3. The molecule has 0 N–H and O–H groups in total. The number of aryl methyl sites for hydroxylation is 1. The summed E-state index contributed by atoms with van der Waals surface area (Å²) in [6.07, 6.45) is 7.22. The lowest BCUT2D eigenvalue weighted by atomic mass is 9.99. The topological polar surface area (TPSA) is 77.2 Å². The fourth-order valence-corrected chi connectivity index (χ4v) is 2.53. The molecule has 3 rings (SSSR count). The van der Waals surface area contributed by atoms with Gasteiger partial charge in [0.05, 0.1) is 13.2 Å². The van der Waals surface area contributed by atoms with Crippen LogP contribution in [0.4, 0.5) is 0 Å². The molecule has 0 aromatic carbocycles.